The standard InChI is InChI=1S/C19H34O/c1-14(8-6-12-18(2,3)4)15-10-11-16-17(20)9-7-13-19(15,16)5/h14-16H,6-13H2,1-5H3/t14?,15?,16?,19-/m1/s1. The van der Waals surface area contributed by atoms with Crippen LogP contribution in [-0.4, -0.2) is 5.78 Å². The third-order valence-electron chi connectivity index (χ3n) is 6.21. The summed E-state index contributed by atoms with van der Waals surface area (Å²) in [6.07, 6.45) is 9.75. The lowest BCUT2D eigenvalue weighted by Gasteiger charge is -2.42. The second kappa shape index (κ2) is 5.81. The van der Waals surface area contributed by atoms with Crippen LogP contribution in [0.4, 0.5) is 0 Å². The van der Waals surface area contributed by atoms with Crippen LogP contribution in [0.2, 0.25) is 0 Å². The summed E-state index contributed by atoms with van der Waals surface area (Å²) >= 11 is 0. The molecule has 0 aromatic heterocycles. The van der Waals surface area contributed by atoms with Gasteiger partial charge in [-0.25, -0.2) is 0 Å². The van der Waals surface area contributed by atoms with Crippen LogP contribution >= 0.6 is 0 Å². The van der Waals surface area contributed by atoms with Gasteiger partial charge in [-0.15, -0.1) is 0 Å². The van der Waals surface area contributed by atoms with Gasteiger partial charge in [-0.05, 0) is 54.8 Å². The molecule has 1 heteroatoms. The number of ketones is 1. The fraction of sp³-hybridized carbons (Fsp3) is 0.947. The molecule has 20 heavy (non-hydrogen) atoms. The second-order valence-electron chi connectivity index (χ2n) is 8.99. The maximum atomic E-state index is 12.2. The Balaban J connectivity index is 1.93. The Kier molecular flexibility index (Phi) is 4.66. The van der Waals surface area contributed by atoms with Crippen molar-refractivity contribution in [1.29, 1.82) is 0 Å². The molecule has 0 heterocycles. The third-order valence-corrected chi connectivity index (χ3v) is 6.21. The first-order valence-electron chi connectivity index (χ1n) is 8.77. The molecule has 0 bridgehead atoms. The Morgan fingerprint density at radius 2 is 2.00 bits per heavy atom. The van der Waals surface area contributed by atoms with Gasteiger partial charge >= 0.3 is 0 Å². The quantitative estimate of drug-likeness (QED) is 0.652. The Morgan fingerprint density at radius 3 is 2.65 bits per heavy atom. The van der Waals surface area contributed by atoms with Crippen molar-refractivity contribution >= 4 is 5.78 Å². The Bertz CT molecular complexity index is 351. The van der Waals surface area contributed by atoms with Gasteiger partial charge in [-0.3, -0.25) is 4.79 Å². The van der Waals surface area contributed by atoms with E-state index in [4.69, 9.17) is 0 Å². The summed E-state index contributed by atoms with van der Waals surface area (Å²) in [7, 11) is 0. The molecular weight excluding hydrogens is 244 g/mol. The van der Waals surface area contributed by atoms with Gasteiger partial charge in [0.05, 0.1) is 0 Å². The van der Waals surface area contributed by atoms with Crippen molar-refractivity contribution in [2.24, 2.45) is 28.6 Å². The van der Waals surface area contributed by atoms with Crippen LogP contribution in [0.1, 0.15) is 86.0 Å². The maximum Gasteiger partial charge on any atom is 0.136 e. The minimum absolute atomic E-state index is 0.330. The van der Waals surface area contributed by atoms with E-state index in [-0.39, 0.29) is 0 Å². The van der Waals surface area contributed by atoms with Crippen molar-refractivity contribution in [3.8, 4) is 0 Å². The smallest absolute Gasteiger partial charge is 0.136 e. The number of carbonyl (C=O) groups excluding carboxylic acids is 1. The lowest BCUT2D eigenvalue weighted by atomic mass is 9.62. The molecule has 0 spiro atoms. The molecule has 2 aliphatic carbocycles. The number of Topliss-reactive ketones (excluding diaryl/α,β-unsaturated/α-hetero) is 1. The van der Waals surface area contributed by atoms with Gasteiger partial charge in [0.25, 0.3) is 0 Å². The normalized spacial score (nSPS) is 36.0. The molecule has 2 aliphatic rings. The maximum absolute atomic E-state index is 12.2. The summed E-state index contributed by atoms with van der Waals surface area (Å²) in [6.45, 7) is 11.9. The predicted molar refractivity (Wildman–Crippen MR) is 85.6 cm³/mol. The Labute approximate surface area is 125 Å². The highest BCUT2D eigenvalue weighted by atomic mass is 16.1. The lowest BCUT2D eigenvalue weighted by Crippen LogP contribution is -2.39. The number of carbonyl (C=O) groups is 1. The highest BCUT2D eigenvalue weighted by molar-refractivity contribution is 5.83. The molecular formula is C19H34O. The molecule has 0 aliphatic heterocycles. The van der Waals surface area contributed by atoms with Crippen molar-refractivity contribution in [1.82, 2.24) is 0 Å². The van der Waals surface area contributed by atoms with E-state index in [2.05, 4.69) is 34.6 Å². The zero-order valence-corrected chi connectivity index (χ0v) is 14.3. The molecule has 0 amide bonds. The van der Waals surface area contributed by atoms with Crippen LogP contribution in [0, 0.1) is 28.6 Å². The van der Waals surface area contributed by atoms with Crippen LogP contribution in [0.5, 0.6) is 0 Å². The fourth-order valence-electron chi connectivity index (χ4n) is 5.06. The Morgan fingerprint density at radius 1 is 1.30 bits per heavy atom. The van der Waals surface area contributed by atoms with Crippen LogP contribution in [0.15, 0.2) is 0 Å². The first-order chi connectivity index (χ1) is 9.24. The summed E-state index contributed by atoms with van der Waals surface area (Å²) in [5.41, 5.74) is 0.791. The first kappa shape index (κ1) is 16.0. The average molecular weight is 278 g/mol. The van der Waals surface area contributed by atoms with Gasteiger partial charge in [-0.2, -0.15) is 0 Å². The van der Waals surface area contributed by atoms with Gasteiger partial charge < -0.3 is 0 Å². The zero-order valence-electron chi connectivity index (χ0n) is 14.3. The van der Waals surface area contributed by atoms with E-state index < -0.39 is 0 Å². The van der Waals surface area contributed by atoms with E-state index in [0.29, 0.717) is 22.5 Å². The molecule has 2 saturated carbocycles. The molecule has 2 fully saturated rings. The number of hydrogen-bond donors (Lipinski definition) is 0. The van der Waals surface area contributed by atoms with Crippen LogP contribution in [-0.2, 0) is 4.79 Å². The zero-order chi connectivity index (χ0) is 15.0. The van der Waals surface area contributed by atoms with Crippen LogP contribution in [0.3, 0.4) is 0 Å². The number of hydrogen-bond acceptors (Lipinski definition) is 1. The minimum Gasteiger partial charge on any atom is -0.299 e. The summed E-state index contributed by atoms with van der Waals surface area (Å²) in [4.78, 5) is 12.2. The summed E-state index contributed by atoms with van der Waals surface area (Å²) in [5, 5.41) is 0. The molecule has 3 unspecified atom stereocenters. The van der Waals surface area contributed by atoms with Gasteiger partial charge in [0.1, 0.15) is 5.78 Å². The molecule has 2 rings (SSSR count). The molecule has 0 saturated heterocycles. The van der Waals surface area contributed by atoms with E-state index in [1.165, 1.54) is 38.5 Å². The largest absolute Gasteiger partial charge is 0.299 e. The summed E-state index contributed by atoms with van der Waals surface area (Å²) in [5.74, 6) is 2.55. The van der Waals surface area contributed by atoms with E-state index in [1.807, 2.05) is 0 Å². The topological polar surface area (TPSA) is 17.1 Å². The van der Waals surface area contributed by atoms with E-state index in [9.17, 15) is 4.79 Å². The molecule has 116 valence electrons. The lowest BCUT2D eigenvalue weighted by molar-refractivity contribution is -0.130. The monoisotopic (exact) mass is 278 g/mol. The molecule has 0 radical (unpaired) electrons. The molecule has 0 N–H and O–H groups in total. The van der Waals surface area contributed by atoms with Gasteiger partial charge in [0.15, 0.2) is 0 Å². The average Bonchev–Trinajstić information content (AvgIpc) is 2.66. The van der Waals surface area contributed by atoms with Crippen molar-refractivity contribution in [2.45, 2.75) is 86.0 Å². The van der Waals surface area contributed by atoms with E-state index >= 15 is 0 Å². The van der Waals surface area contributed by atoms with Crippen LogP contribution < -0.4 is 0 Å². The highest BCUT2D eigenvalue weighted by Gasteiger charge is 2.52. The van der Waals surface area contributed by atoms with Crippen molar-refractivity contribution in [2.75, 3.05) is 0 Å². The highest BCUT2D eigenvalue weighted by Crippen LogP contribution is 2.57. The van der Waals surface area contributed by atoms with Gasteiger partial charge in [0.2, 0.25) is 0 Å². The van der Waals surface area contributed by atoms with Gasteiger partial charge in [0, 0.05) is 12.3 Å². The molecule has 0 aromatic carbocycles. The number of fused-ring (bicyclic) bond motifs is 1. The van der Waals surface area contributed by atoms with Crippen molar-refractivity contribution < 1.29 is 4.79 Å². The van der Waals surface area contributed by atoms with Crippen molar-refractivity contribution in [3.63, 3.8) is 0 Å². The summed E-state index contributed by atoms with van der Waals surface area (Å²) in [6, 6.07) is 0. The minimum atomic E-state index is 0.330. The Hall–Kier alpha value is -0.330. The summed E-state index contributed by atoms with van der Waals surface area (Å²) < 4.78 is 0. The molecule has 1 nitrogen and oxygen atoms in total. The second-order valence-corrected chi connectivity index (χ2v) is 8.99. The third kappa shape index (κ3) is 3.28. The van der Waals surface area contributed by atoms with Crippen molar-refractivity contribution in [3.05, 3.63) is 0 Å². The molecule has 0 aromatic rings. The van der Waals surface area contributed by atoms with E-state index in [0.717, 1.165) is 24.7 Å². The fourth-order valence-corrected chi connectivity index (χ4v) is 5.06. The van der Waals surface area contributed by atoms with Gasteiger partial charge in [-0.1, -0.05) is 47.5 Å². The van der Waals surface area contributed by atoms with Crippen LogP contribution in [0.25, 0.3) is 0 Å². The first-order valence-corrected chi connectivity index (χ1v) is 8.77. The predicted octanol–water partition coefficient (Wildman–Crippen LogP) is 5.62. The van der Waals surface area contributed by atoms with E-state index in [1.54, 1.807) is 0 Å². The number of rotatable bonds is 4. The SMILES string of the molecule is CC(CCCC(C)(C)C)C1CCC2C(=O)CCC[C@@]21C. The molecule has 4 atom stereocenters.